The Morgan fingerprint density at radius 2 is 1.81 bits per heavy atom. The van der Waals surface area contributed by atoms with Gasteiger partial charge in [-0.25, -0.2) is 0 Å². The Morgan fingerprint density at radius 1 is 1.31 bits per heavy atom. The fraction of sp³-hybridized carbons (Fsp3) is 0.462. The summed E-state index contributed by atoms with van der Waals surface area (Å²) in [6, 6.07) is 6.46. The minimum absolute atomic E-state index is 0.0887. The van der Waals surface area contributed by atoms with Gasteiger partial charge in [-0.3, -0.25) is 5.41 Å². The molecule has 1 aromatic carbocycles. The lowest BCUT2D eigenvalue weighted by Crippen LogP contribution is -2.32. The van der Waals surface area contributed by atoms with Crippen molar-refractivity contribution in [1.82, 2.24) is 0 Å². The second-order valence-electron chi connectivity index (χ2n) is 4.58. The molecule has 0 radical (unpaired) electrons. The third-order valence-electron chi connectivity index (χ3n) is 2.73. The molecule has 1 unspecified atom stereocenters. The molecule has 1 atom stereocenters. The van der Waals surface area contributed by atoms with Gasteiger partial charge in [0.25, 0.3) is 0 Å². The van der Waals surface area contributed by atoms with Crippen LogP contribution in [0, 0.1) is 25.2 Å². The molecule has 3 nitrogen and oxygen atoms in total. The minimum Gasteiger partial charge on any atom is -0.387 e. The number of nitrogens with one attached hydrogen (secondary N) is 1. The second-order valence-corrected chi connectivity index (χ2v) is 4.58. The van der Waals surface area contributed by atoms with Gasteiger partial charge in [-0.15, -0.1) is 0 Å². The van der Waals surface area contributed by atoms with Gasteiger partial charge >= 0.3 is 0 Å². The normalized spacial score (nSPS) is 12.2. The molecule has 1 aromatic rings. The van der Waals surface area contributed by atoms with Crippen LogP contribution in [0.2, 0.25) is 0 Å². The lowest BCUT2D eigenvalue weighted by Gasteiger charge is -2.23. The molecular formula is C13H21N3. The Kier molecular flexibility index (Phi) is 3.93. The molecule has 0 aromatic heterocycles. The lowest BCUT2D eigenvalue weighted by atomic mass is 10.1. The highest BCUT2D eigenvalue weighted by molar-refractivity contribution is 5.79. The van der Waals surface area contributed by atoms with E-state index >= 15 is 0 Å². The number of amidine groups is 1. The summed E-state index contributed by atoms with van der Waals surface area (Å²) in [6.07, 6.45) is 0. The van der Waals surface area contributed by atoms with Gasteiger partial charge in [-0.1, -0.05) is 13.0 Å². The van der Waals surface area contributed by atoms with Gasteiger partial charge in [-0.05, 0) is 37.1 Å². The molecule has 0 saturated carbocycles. The molecule has 1 rings (SSSR count). The van der Waals surface area contributed by atoms with Crippen LogP contribution in [0.1, 0.15) is 18.1 Å². The van der Waals surface area contributed by atoms with Crippen LogP contribution in [0.4, 0.5) is 5.69 Å². The highest BCUT2D eigenvalue weighted by atomic mass is 15.1. The van der Waals surface area contributed by atoms with Crippen LogP contribution in [0.15, 0.2) is 18.2 Å². The summed E-state index contributed by atoms with van der Waals surface area (Å²) in [5.74, 6) is 0.335. The number of nitrogens with two attached hydrogens (primary N) is 1. The average molecular weight is 219 g/mol. The summed E-state index contributed by atoms with van der Waals surface area (Å²) in [6.45, 7) is 6.94. The Bertz CT molecular complexity index is 365. The first kappa shape index (κ1) is 12.6. The molecule has 0 saturated heterocycles. The summed E-state index contributed by atoms with van der Waals surface area (Å²) in [5, 5.41) is 7.39. The first-order valence-corrected chi connectivity index (χ1v) is 5.53. The van der Waals surface area contributed by atoms with Crippen molar-refractivity contribution in [3.8, 4) is 0 Å². The molecular weight excluding hydrogens is 198 g/mol. The zero-order chi connectivity index (χ0) is 12.3. The largest absolute Gasteiger partial charge is 0.387 e. The quantitative estimate of drug-likeness (QED) is 0.603. The Hall–Kier alpha value is -1.51. The zero-order valence-corrected chi connectivity index (χ0v) is 10.5. The average Bonchev–Trinajstić information content (AvgIpc) is 2.15. The van der Waals surface area contributed by atoms with Crippen LogP contribution in [0.5, 0.6) is 0 Å². The summed E-state index contributed by atoms with van der Waals surface area (Å²) in [5.41, 5.74) is 9.19. The Labute approximate surface area is 97.8 Å². The van der Waals surface area contributed by atoms with Gasteiger partial charge in [0.2, 0.25) is 0 Å². The molecule has 3 heteroatoms. The number of hydrogen-bond acceptors (Lipinski definition) is 2. The van der Waals surface area contributed by atoms with Gasteiger partial charge in [0.1, 0.15) is 0 Å². The molecule has 0 amide bonds. The maximum atomic E-state index is 7.39. The van der Waals surface area contributed by atoms with E-state index in [1.54, 1.807) is 0 Å². The highest BCUT2D eigenvalue weighted by Gasteiger charge is 2.10. The van der Waals surface area contributed by atoms with Crippen molar-refractivity contribution in [3.63, 3.8) is 0 Å². The summed E-state index contributed by atoms with van der Waals surface area (Å²) >= 11 is 0. The van der Waals surface area contributed by atoms with Crippen LogP contribution < -0.4 is 10.6 Å². The van der Waals surface area contributed by atoms with Crippen molar-refractivity contribution in [3.05, 3.63) is 29.3 Å². The second kappa shape index (κ2) is 5.01. The molecule has 0 spiro atoms. The Morgan fingerprint density at radius 3 is 2.25 bits per heavy atom. The molecule has 0 aliphatic carbocycles. The van der Waals surface area contributed by atoms with E-state index in [4.69, 9.17) is 11.1 Å². The van der Waals surface area contributed by atoms with Crippen LogP contribution in [0.25, 0.3) is 0 Å². The van der Waals surface area contributed by atoms with Crippen molar-refractivity contribution < 1.29 is 0 Å². The SMILES string of the molecule is Cc1cc(C)cc(N(C)CC(C)C(=N)N)c1. The summed E-state index contributed by atoms with van der Waals surface area (Å²) < 4.78 is 0. The molecule has 88 valence electrons. The fourth-order valence-electron chi connectivity index (χ4n) is 1.79. The van der Waals surface area contributed by atoms with Gasteiger partial charge in [-0.2, -0.15) is 0 Å². The van der Waals surface area contributed by atoms with Crippen molar-refractivity contribution in [2.24, 2.45) is 11.7 Å². The van der Waals surface area contributed by atoms with Crippen LogP contribution in [0.3, 0.4) is 0 Å². The number of rotatable bonds is 4. The number of hydrogen-bond donors (Lipinski definition) is 2. The standard InChI is InChI=1S/C13H21N3/c1-9-5-10(2)7-12(6-9)16(4)8-11(3)13(14)15/h5-7,11H,8H2,1-4H3,(H3,14,15). The van der Waals surface area contributed by atoms with E-state index in [-0.39, 0.29) is 11.8 Å². The molecule has 0 fully saturated rings. The van der Waals surface area contributed by atoms with E-state index < -0.39 is 0 Å². The monoisotopic (exact) mass is 219 g/mol. The first-order valence-electron chi connectivity index (χ1n) is 5.53. The van der Waals surface area contributed by atoms with Crippen molar-refractivity contribution in [2.45, 2.75) is 20.8 Å². The van der Waals surface area contributed by atoms with E-state index in [2.05, 4.69) is 36.9 Å². The smallest absolute Gasteiger partial charge is 0.0952 e. The van der Waals surface area contributed by atoms with E-state index in [0.717, 1.165) is 6.54 Å². The van der Waals surface area contributed by atoms with E-state index in [1.807, 2.05) is 14.0 Å². The predicted octanol–water partition coefficient (Wildman–Crippen LogP) is 2.31. The number of benzene rings is 1. The van der Waals surface area contributed by atoms with Crippen LogP contribution in [-0.4, -0.2) is 19.4 Å². The van der Waals surface area contributed by atoms with Crippen molar-refractivity contribution >= 4 is 11.5 Å². The lowest BCUT2D eigenvalue weighted by molar-refractivity contribution is 0.729. The third kappa shape index (κ3) is 3.26. The number of anilines is 1. The molecule has 3 N–H and O–H groups in total. The molecule has 16 heavy (non-hydrogen) atoms. The van der Waals surface area contributed by atoms with Gasteiger partial charge < -0.3 is 10.6 Å². The summed E-state index contributed by atoms with van der Waals surface area (Å²) in [7, 11) is 2.04. The van der Waals surface area contributed by atoms with E-state index in [9.17, 15) is 0 Å². The zero-order valence-electron chi connectivity index (χ0n) is 10.5. The Balaban J connectivity index is 2.80. The molecule has 0 heterocycles. The number of nitrogens with zero attached hydrogens (tertiary/aromatic N) is 1. The predicted molar refractivity (Wildman–Crippen MR) is 70.3 cm³/mol. The number of aryl methyl sites for hydroxylation is 2. The molecule has 0 aliphatic rings. The van der Waals surface area contributed by atoms with Crippen LogP contribution in [-0.2, 0) is 0 Å². The molecule has 0 bridgehead atoms. The van der Waals surface area contributed by atoms with E-state index in [0.29, 0.717) is 0 Å². The van der Waals surface area contributed by atoms with Gasteiger partial charge in [0.05, 0.1) is 5.84 Å². The van der Waals surface area contributed by atoms with Gasteiger partial charge in [0.15, 0.2) is 0 Å². The van der Waals surface area contributed by atoms with Gasteiger partial charge in [0, 0.05) is 25.2 Å². The highest BCUT2D eigenvalue weighted by Crippen LogP contribution is 2.18. The van der Waals surface area contributed by atoms with E-state index in [1.165, 1.54) is 16.8 Å². The maximum absolute atomic E-state index is 7.39. The summed E-state index contributed by atoms with van der Waals surface area (Å²) in [4.78, 5) is 2.14. The maximum Gasteiger partial charge on any atom is 0.0952 e. The van der Waals surface area contributed by atoms with Crippen molar-refractivity contribution in [2.75, 3.05) is 18.5 Å². The third-order valence-corrected chi connectivity index (χ3v) is 2.73. The van der Waals surface area contributed by atoms with Crippen molar-refractivity contribution in [1.29, 1.82) is 5.41 Å². The first-order chi connectivity index (χ1) is 7.40. The fourth-order valence-corrected chi connectivity index (χ4v) is 1.79. The topological polar surface area (TPSA) is 53.1 Å². The molecule has 0 aliphatic heterocycles. The minimum atomic E-state index is 0.0887. The van der Waals surface area contributed by atoms with Crippen LogP contribution >= 0.6 is 0 Å².